The molecule has 0 aromatic carbocycles. The lowest BCUT2D eigenvalue weighted by atomic mass is 10.2. The number of nitrogens with zero attached hydrogens (tertiary/aromatic N) is 8. The summed E-state index contributed by atoms with van der Waals surface area (Å²) in [7, 11) is 0. The van der Waals surface area contributed by atoms with Gasteiger partial charge in [-0.2, -0.15) is 9.50 Å². The van der Waals surface area contributed by atoms with Crippen LogP contribution in [0.1, 0.15) is 6.42 Å². The zero-order valence-corrected chi connectivity index (χ0v) is 14.9. The quantitative estimate of drug-likeness (QED) is 0.704. The van der Waals surface area contributed by atoms with Crippen molar-refractivity contribution in [2.24, 2.45) is 0 Å². The third-order valence-corrected chi connectivity index (χ3v) is 4.95. The van der Waals surface area contributed by atoms with E-state index in [1.807, 2.05) is 24.4 Å². The third kappa shape index (κ3) is 3.35. The maximum atomic E-state index is 5.40. The third-order valence-electron chi connectivity index (χ3n) is 4.95. The predicted octanol–water partition coefficient (Wildman–Crippen LogP) is 0.442. The molecule has 0 radical (unpaired) electrons. The average Bonchev–Trinajstić information content (AvgIpc) is 3.37. The summed E-state index contributed by atoms with van der Waals surface area (Å²) in [6.45, 7) is 4.93. The van der Waals surface area contributed by atoms with Gasteiger partial charge in [-0.25, -0.2) is 4.98 Å². The van der Waals surface area contributed by atoms with Crippen molar-refractivity contribution >= 4 is 23.2 Å². The highest BCUT2D eigenvalue weighted by Crippen LogP contribution is 2.21. The van der Waals surface area contributed by atoms with E-state index in [1.165, 1.54) is 0 Å². The molecule has 2 aliphatic rings. The van der Waals surface area contributed by atoms with E-state index in [2.05, 4.69) is 40.4 Å². The molecule has 1 unspecified atom stereocenters. The molecule has 27 heavy (non-hydrogen) atoms. The smallest absolute Gasteiger partial charge is 0.227 e. The number of rotatable bonds is 4. The lowest BCUT2D eigenvalue weighted by Crippen LogP contribution is -2.37. The number of hydrogen-bond donors (Lipinski definition) is 1. The van der Waals surface area contributed by atoms with Crippen molar-refractivity contribution in [3.8, 4) is 0 Å². The minimum absolute atomic E-state index is 0.316. The van der Waals surface area contributed by atoms with Crippen molar-refractivity contribution in [3.05, 3.63) is 30.7 Å². The Kier molecular flexibility index (Phi) is 4.17. The van der Waals surface area contributed by atoms with E-state index in [0.29, 0.717) is 6.04 Å². The summed E-state index contributed by atoms with van der Waals surface area (Å²) in [6.07, 6.45) is 4.46. The predicted molar refractivity (Wildman–Crippen MR) is 100 cm³/mol. The van der Waals surface area contributed by atoms with Gasteiger partial charge in [-0.05, 0) is 24.6 Å². The van der Waals surface area contributed by atoms with Gasteiger partial charge in [-0.3, -0.25) is 0 Å². The highest BCUT2D eigenvalue weighted by molar-refractivity contribution is 5.48. The molecule has 0 amide bonds. The van der Waals surface area contributed by atoms with Crippen LogP contribution in [-0.2, 0) is 4.74 Å². The molecule has 3 aromatic heterocycles. The van der Waals surface area contributed by atoms with E-state index < -0.39 is 0 Å². The Labute approximate surface area is 156 Å². The van der Waals surface area contributed by atoms with Crippen LogP contribution in [0.4, 0.5) is 17.6 Å². The summed E-state index contributed by atoms with van der Waals surface area (Å²) >= 11 is 0. The standard InChI is InChI=1S/C17H21N9O/c1-2-16(23-26-12-19-22-15(1)26)25-6-4-13(11-25)20-14-3-5-18-17(21-14)24-7-9-27-10-8-24/h1-3,5,12-13H,4,6-11H2,(H,18,20,21). The summed E-state index contributed by atoms with van der Waals surface area (Å²) < 4.78 is 7.10. The van der Waals surface area contributed by atoms with E-state index >= 15 is 0 Å². The number of fused-ring (bicyclic) bond motifs is 1. The first-order valence-electron chi connectivity index (χ1n) is 9.19. The molecule has 10 nitrogen and oxygen atoms in total. The molecule has 0 bridgehead atoms. The van der Waals surface area contributed by atoms with Crippen LogP contribution in [0.25, 0.3) is 5.65 Å². The molecule has 140 valence electrons. The number of hydrogen-bond acceptors (Lipinski definition) is 9. The molecule has 2 saturated heterocycles. The van der Waals surface area contributed by atoms with E-state index in [9.17, 15) is 0 Å². The maximum Gasteiger partial charge on any atom is 0.227 e. The van der Waals surface area contributed by atoms with Crippen LogP contribution in [0.2, 0.25) is 0 Å². The van der Waals surface area contributed by atoms with Crippen LogP contribution in [-0.4, -0.2) is 75.2 Å². The molecule has 5 heterocycles. The highest BCUT2D eigenvalue weighted by atomic mass is 16.5. The highest BCUT2D eigenvalue weighted by Gasteiger charge is 2.24. The van der Waals surface area contributed by atoms with E-state index in [-0.39, 0.29) is 0 Å². The summed E-state index contributed by atoms with van der Waals surface area (Å²) in [5.74, 6) is 2.56. The van der Waals surface area contributed by atoms with Gasteiger partial charge in [-0.15, -0.1) is 15.3 Å². The number of morpholine rings is 1. The second-order valence-electron chi connectivity index (χ2n) is 6.74. The molecular weight excluding hydrogens is 346 g/mol. The van der Waals surface area contributed by atoms with Crippen LogP contribution < -0.4 is 15.1 Å². The number of aromatic nitrogens is 6. The van der Waals surface area contributed by atoms with Gasteiger partial charge in [0.05, 0.1) is 13.2 Å². The Morgan fingerprint density at radius 3 is 2.93 bits per heavy atom. The van der Waals surface area contributed by atoms with Crippen molar-refractivity contribution in [2.45, 2.75) is 12.5 Å². The normalized spacial score (nSPS) is 20.4. The molecule has 2 aliphatic heterocycles. The second kappa shape index (κ2) is 6.95. The molecule has 1 atom stereocenters. The van der Waals surface area contributed by atoms with Crippen molar-refractivity contribution in [2.75, 3.05) is 54.5 Å². The van der Waals surface area contributed by atoms with Crippen LogP contribution in [0.15, 0.2) is 30.7 Å². The SMILES string of the molecule is c1cc(NC2CCN(c3ccc4nncn4n3)C2)nc(N2CCOCC2)n1. The van der Waals surface area contributed by atoms with Crippen molar-refractivity contribution in [3.63, 3.8) is 0 Å². The minimum Gasteiger partial charge on any atom is -0.378 e. The van der Waals surface area contributed by atoms with Crippen LogP contribution in [0, 0.1) is 0 Å². The van der Waals surface area contributed by atoms with Gasteiger partial charge in [-0.1, -0.05) is 0 Å². The lowest BCUT2D eigenvalue weighted by molar-refractivity contribution is 0.122. The average molecular weight is 367 g/mol. The Hall–Kier alpha value is -3.01. The zero-order valence-electron chi connectivity index (χ0n) is 14.9. The Morgan fingerprint density at radius 2 is 2.00 bits per heavy atom. The molecule has 10 heteroatoms. The first-order chi connectivity index (χ1) is 13.3. The number of anilines is 3. The van der Waals surface area contributed by atoms with Crippen molar-refractivity contribution in [1.29, 1.82) is 0 Å². The fraction of sp³-hybridized carbons (Fsp3) is 0.471. The summed E-state index contributed by atoms with van der Waals surface area (Å²) in [4.78, 5) is 13.5. The van der Waals surface area contributed by atoms with E-state index in [1.54, 1.807) is 10.8 Å². The Morgan fingerprint density at radius 1 is 1.07 bits per heavy atom. The minimum atomic E-state index is 0.316. The maximum absolute atomic E-state index is 5.40. The molecular formula is C17H21N9O. The van der Waals surface area contributed by atoms with Gasteiger partial charge in [0.15, 0.2) is 5.65 Å². The van der Waals surface area contributed by atoms with Crippen LogP contribution in [0.5, 0.6) is 0 Å². The van der Waals surface area contributed by atoms with Gasteiger partial charge in [0.2, 0.25) is 5.95 Å². The van der Waals surface area contributed by atoms with Crippen molar-refractivity contribution in [1.82, 2.24) is 29.8 Å². The topological polar surface area (TPSA) is 96.6 Å². The monoisotopic (exact) mass is 367 g/mol. The van der Waals surface area contributed by atoms with Gasteiger partial charge >= 0.3 is 0 Å². The number of nitrogens with one attached hydrogen (secondary N) is 1. The van der Waals surface area contributed by atoms with E-state index in [0.717, 1.165) is 69.0 Å². The zero-order chi connectivity index (χ0) is 18.1. The first kappa shape index (κ1) is 16.2. The molecule has 0 spiro atoms. The fourth-order valence-electron chi connectivity index (χ4n) is 3.53. The molecule has 0 saturated carbocycles. The molecule has 0 aliphatic carbocycles. The summed E-state index contributed by atoms with van der Waals surface area (Å²) in [5.41, 5.74) is 0.754. The van der Waals surface area contributed by atoms with Crippen LogP contribution in [0.3, 0.4) is 0 Å². The number of ether oxygens (including phenoxy) is 1. The second-order valence-corrected chi connectivity index (χ2v) is 6.74. The molecule has 1 N–H and O–H groups in total. The van der Waals surface area contributed by atoms with Crippen LogP contribution >= 0.6 is 0 Å². The molecule has 3 aromatic rings. The van der Waals surface area contributed by atoms with Gasteiger partial charge < -0.3 is 19.9 Å². The van der Waals surface area contributed by atoms with Gasteiger partial charge in [0.25, 0.3) is 0 Å². The van der Waals surface area contributed by atoms with Gasteiger partial charge in [0.1, 0.15) is 18.0 Å². The van der Waals surface area contributed by atoms with Gasteiger partial charge in [0, 0.05) is 38.4 Å². The Balaban J connectivity index is 1.25. The fourth-order valence-corrected chi connectivity index (χ4v) is 3.53. The summed E-state index contributed by atoms with van der Waals surface area (Å²) in [6, 6.07) is 6.17. The molecule has 5 rings (SSSR count). The largest absolute Gasteiger partial charge is 0.378 e. The summed E-state index contributed by atoms with van der Waals surface area (Å²) in [5, 5.41) is 16.0. The molecule has 2 fully saturated rings. The Bertz CT molecular complexity index is 923. The first-order valence-corrected chi connectivity index (χ1v) is 9.19. The van der Waals surface area contributed by atoms with E-state index in [4.69, 9.17) is 4.74 Å². The lowest BCUT2D eigenvalue weighted by Gasteiger charge is -2.27. The van der Waals surface area contributed by atoms with Crippen molar-refractivity contribution < 1.29 is 4.74 Å².